The largest absolute Gasteiger partial charge is 0.330 e. The first-order valence-electron chi connectivity index (χ1n) is 5.23. The third-order valence-corrected chi connectivity index (χ3v) is 3.19. The monoisotopic (exact) mass is 270 g/mol. The molecule has 1 unspecified atom stereocenters. The molecule has 3 heteroatoms. The Morgan fingerprint density at radius 1 is 1.40 bits per heavy atom. The molecule has 84 valence electrons. The van der Waals surface area contributed by atoms with Crippen LogP contribution in [-0.4, -0.2) is 11.5 Å². The molecule has 0 bridgehead atoms. The SMILES string of the molecule is CC(C)(C)C(CN)Cc1cncc(Br)c1. The van der Waals surface area contributed by atoms with E-state index in [1.54, 1.807) is 6.20 Å². The van der Waals surface area contributed by atoms with Crippen molar-refractivity contribution in [1.82, 2.24) is 4.98 Å². The lowest BCUT2D eigenvalue weighted by Crippen LogP contribution is -2.29. The van der Waals surface area contributed by atoms with E-state index in [-0.39, 0.29) is 5.41 Å². The number of nitrogens with zero attached hydrogens (tertiary/aromatic N) is 1. The molecule has 1 aromatic rings. The fourth-order valence-electron chi connectivity index (χ4n) is 1.60. The molecule has 0 spiro atoms. The predicted molar refractivity (Wildman–Crippen MR) is 67.6 cm³/mol. The Morgan fingerprint density at radius 3 is 2.53 bits per heavy atom. The Labute approximate surface area is 100 Å². The second-order valence-electron chi connectivity index (χ2n) is 5.01. The summed E-state index contributed by atoms with van der Waals surface area (Å²) in [6, 6.07) is 2.11. The van der Waals surface area contributed by atoms with E-state index < -0.39 is 0 Å². The van der Waals surface area contributed by atoms with Gasteiger partial charge in [0.05, 0.1) is 0 Å². The minimum absolute atomic E-state index is 0.247. The molecule has 0 saturated carbocycles. The van der Waals surface area contributed by atoms with E-state index in [0.717, 1.165) is 17.4 Å². The van der Waals surface area contributed by atoms with E-state index in [0.29, 0.717) is 5.92 Å². The molecule has 2 nitrogen and oxygen atoms in total. The molecule has 0 fully saturated rings. The van der Waals surface area contributed by atoms with Gasteiger partial charge in [-0.1, -0.05) is 20.8 Å². The third kappa shape index (κ3) is 3.92. The molecule has 0 radical (unpaired) electrons. The molecule has 15 heavy (non-hydrogen) atoms. The Balaban J connectivity index is 2.76. The fourth-order valence-corrected chi connectivity index (χ4v) is 2.01. The number of nitrogens with two attached hydrogens (primary N) is 1. The van der Waals surface area contributed by atoms with Gasteiger partial charge in [-0.2, -0.15) is 0 Å². The van der Waals surface area contributed by atoms with E-state index in [9.17, 15) is 0 Å². The zero-order valence-electron chi connectivity index (χ0n) is 9.63. The smallest absolute Gasteiger partial charge is 0.0410 e. The van der Waals surface area contributed by atoms with Crippen LogP contribution >= 0.6 is 15.9 Å². The molecular weight excluding hydrogens is 252 g/mol. The summed E-state index contributed by atoms with van der Waals surface area (Å²) < 4.78 is 1.03. The van der Waals surface area contributed by atoms with E-state index in [4.69, 9.17) is 5.73 Å². The van der Waals surface area contributed by atoms with Crippen LogP contribution in [0.5, 0.6) is 0 Å². The highest BCUT2D eigenvalue weighted by Crippen LogP contribution is 2.28. The van der Waals surface area contributed by atoms with Crippen molar-refractivity contribution in [2.24, 2.45) is 17.1 Å². The van der Waals surface area contributed by atoms with Crippen LogP contribution in [0.2, 0.25) is 0 Å². The van der Waals surface area contributed by atoms with Crippen LogP contribution < -0.4 is 5.73 Å². The number of aromatic nitrogens is 1. The second kappa shape index (κ2) is 5.08. The summed E-state index contributed by atoms with van der Waals surface area (Å²) in [5.74, 6) is 0.494. The van der Waals surface area contributed by atoms with Gasteiger partial charge in [0, 0.05) is 16.9 Å². The Kier molecular flexibility index (Phi) is 4.29. The van der Waals surface area contributed by atoms with E-state index in [1.807, 2.05) is 6.20 Å². The average Bonchev–Trinajstić information content (AvgIpc) is 2.12. The molecule has 0 aliphatic heterocycles. The topological polar surface area (TPSA) is 38.9 Å². The third-order valence-electron chi connectivity index (χ3n) is 2.75. The van der Waals surface area contributed by atoms with Crippen molar-refractivity contribution < 1.29 is 0 Å². The number of hydrogen-bond donors (Lipinski definition) is 1. The predicted octanol–water partition coefficient (Wildman–Crippen LogP) is 3.01. The van der Waals surface area contributed by atoms with Crippen LogP contribution in [0.3, 0.4) is 0 Å². The molecular formula is C12H19BrN2. The summed E-state index contributed by atoms with van der Waals surface area (Å²) in [5, 5.41) is 0. The molecule has 2 N–H and O–H groups in total. The van der Waals surface area contributed by atoms with Crippen LogP contribution in [0.15, 0.2) is 22.9 Å². The van der Waals surface area contributed by atoms with Gasteiger partial charge in [-0.15, -0.1) is 0 Å². The first-order valence-corrected chi connectivity index (χ1v) is 6.02. The number of hydrogen-bond acceptors (Lipinski definition) is 2. The minimum Gasteiger partial charge on any atom is -0.330 e. The number of rotatable bonds is 3. The molecule has 1 heterocycles. The second-order valence-corrected chi connectivity index (χ2v) is 5.93. The maximum atomic E-state index is 5.81. The first kappa shape index (κ1) is 12.7. The molecule has 0 aliphatic rings. The zero-order valence-corrected chi connectivity index (χ0v) is 11.2. The van der Waals surface area contributed by atoms with E-state index >= 15 is 0 Å². The molecule has 0 aliphatic carbocycles. The minimum atomic E-state index is 0.247. The lowest BCUT2D eigenvalue weighted by atomic mass is 9.77. The van der Waals surface area contributed by atoms with Crippen molar-refractivity contribution in [2.45, 2.75) is 27.2 Å². The maximum absolute atomic E-state index is 5.81. The van der Waals surface area contributed by atoms with Crippen LogP contribution in [0.25, 0.3) is 0 Å². The van der Waals surface area contributed by atoms with Crippen molar-refractivity contribution in [1.29, 1.82) is 0 Å². The Bertz CT molecular complexity index is 318. The van der Waals surface area contributed by atoms with Crippen molar-refractivity contribution in [3.8, 4) is 0 Å². The molecule has 1 rings (SSSR count). The summed E-state index contributed by atoms with van der Waals surface area (Å²) in [6.07, 6.45) is 4.71. The first-order chi connectivity index (χ1) is 6.93. The lowest BCUT2D eigenvalue weighted by molar-refractivity contribution is 0.245. The van der Waals surface area contributed by atoms with Crippen LogP contribution in [0, 0.1) is 11.3 Å². The summed E-state index contributed by atoms with van der Waals surface area (Å²) in [6.45, 7) is 7.41. The van der Waals surface area contributed by atoms with Gasteiger partial charge in [-0.05, 0) is 51.9 Å². The van der Waals surface area contributed by atoms with Gasteiger partial charge >= 0.3 is 0 Å². The van der Waals surface area contributed by atoms with Gasteiger partial charge in [0.2, 0.25) is 0 Å². The summed E-state index contributed by atoms with van der Waals surface area (Å²) >= 11 is 3.43. The molecule has 0 amide bonds. The maximum Gasteiger partial charge on any atom is 0.0410 e. The van der Waals surface area contributed by atoms with Gasteiger partial charge in [-0.3, -0.25) is 4.98 Å². The summed E-state index contributed by atoms with van der Waals surface area (Å²) in [5.41, 5.74) is 7.30. The standard InChI is InChI=1S/C12H19BrN2/c1-12(2,3)10(6-14)4-9-5-11(13)8-15-7-9/h5,7-8,10H,4,6,14H2,1-3H3. The van der Waals surface area contributed by atoms with Gasteiger partial charge in [-0.25, -0.2) is 0 Å². The quantitative estimate of drug-likeness (QED) is 0.917. The lowest BCUT2D eigenvalue weighted by Gasteiger charge is -2.29. The Hall–Kier alpha value is -0.410. The van der Waals surface area contributed by atoms with Gasteiger partial charge in [0.1, 0.15) is 0 Å². The van der Waals surface area contributed by atoms with Crippen LogP contribution in [-0.2, 0) is 6.42 Å². The number of pyridine rings is 1. The molecule has 0 saturated heterocycles. The summed E-state index contributed by atoms with van der Waals surface area (Å²) in [4.78, 5) is 4.17. The van der Waals surface area contributed by atoms with E-state index in [2.05, 4.69) is 47.8 Å². The average molecular weight is 271 g/mol. The molecule has 1 atom stereocenters. The van der Waals surface area contributed by atoms with Gasteiger partial charge in [0.25, 0.3) is 0 Å². The van der Waals surface area contributed by atoms with Crippen molar-refractivity contribution in [3.05, 3.63) is 28.5 Å². The fraction of sp³-hybridized carbons (Fsp3) is 0.583. The van der Waals surface area contributed by atoms with Gasteiger partial charge in [0.15, 0.2) is 0 Å². The highest BCUT2D eigenvalue weighted by atomic mass is 79.9. The van der Waals surface area contributed by atoms with Crippen molar-refractivity contribution >= 4 is 15.9 Å². The van der Waals surface area contributed by atoms with Crippen molar-refractivity contribution in [3.63, 3.8) is 0 Å². The highest BCUT2D eigenvalue weighted by molar-refractivity contribution is 9.10. The highest BCUT2D eigenvalue weighted by Gasteiger charge is 2.23. The summed E-state index contributed by atoms with van der Waals surface area (Å²) in [7, 11) is 0. The normalized spacial score (nSPS) is 13.9. The van der Waals surface area contributed by atoms with Crippen LogP contribution in [0.4, 0.5) is 0 Å². The van der Waals surface area contributed by atoms with Crippen LogP contribution in [0.1, 0.15) is 26.3 Å². The Morgan fingerprint density at radius 2 is 2.07 bits per heavy atom. The molecule has 1 aromatic heterocycles. The van der Waals surface area contributed by atoms with E-state index in [1.165, 1.54) is 5.56 Å². The molecule has 0 aromatic carbocycles. The van der Waals surface area contributed by atoms with Crippen molar-refractivity contribution in [2.75, 3.05) is 6.54 Å². The van der Waals surface area contributed by atoms with Gasteiger partial charge < -0.3 is 5.73 Å². The zero-order chi connectivity index (χ0) is 11.5. The number of halogens is 1.